The van der Waals surface area contributed by atoms with Crippen molar-refractivity contribution in [3.8, 4) is 0 Å². The monoisotopic (exact) mass is 525 g/mol. The van der Waals surface area contributed by atoms with Gasteiger partial charge in [-0.2, -0.15) is 5.10 Å². The molecule has 1 fully saturated rings. The first-order valence-corrected chi connectivity index (χ1v) is 13.6. The Kier molecular flexibility index (Phi) is 7.67. The molecule has 0 saturated heterocycles. The van der Waals surface area contributed by atoms with Crippen LogP contribution in [0.25, 0.3) is 5.57 Å². The highest BCUT2D eigenvalue weighted by molar-refractivity contribution is 6.10. The van der Waals surface area contributed by atoms with Crippen molar-refractivity contribution in [2.24, 2.45) is 10.7 Å². The van der Waals surface area contributed by atoms with Crippen LogP contribution in [0, 0.1) is 0 Å². The molecule has 3 N–H and O–H groups in total. The number of amides is 2. The van der Waals surface area contributed by atoms with Crippen LogP contribution in [0.1, 0.15) is 78.9 Å². The van der Waals surface area contributed by atoms with Crippen molar-refractivity contribution in [3.05, 3.63) is 46.3 Å². The molecule has 2 aromatic rings. The van der Waals surface area contributed by atoms with E-state index in [9.17, 15) is 13.6 Å². The lowest BCUT2D eigenvalue weighted by molar-refractivity contribution is 0.151. The van der Waals surface area contributed by atoms with Gasteiger partial charge in [0.2, 0.25) is 0 Å². The van der Waals surface area contributed by atoms with Gasteiger partial charge in [-0.1, -0.05) is 19.3 Å². The number of benzene rings is 1. The zero-order valence-electron chi connectivity index (χ0n) is 22.2. The van der Waals surface area contributed by atoms with E-state index in [1.165, 1.54) is 37.4 Å². The van der Waals surface area contributed by atoms with Crippen LogP contribution in [0.3, 0.4) is 0 Å². The maximum absolute atomic E-state index is 14.4. The van der Waals surface area contributed by atoms with Crippen LogP contribution in [0.2, 0.25) is 0 Å². The number of anilines is 2. The Morgan fingerprint density at radius 1 is 1.18 bits per heavy atom. The minimum atomic E-state index is -2.67. The van der Waals surface area contributed by atoms with Crippen LogP contribution in [0.4, 0.5) is 25.1 Å². The number of fused-ring (bicyclic) bond motifs is 2. The minimum absolute atomic E-state index is 0.0696. The van der Waals surface area contributed by atoms with Crippen molar-refractivity contribution in [2.75, 3.05) is 32.1 Å². The quantitative estimate of drug-likeness (QED) is 0.531. The molecule has 0 radical (unpaired) electrons. The summed E-state index contributed by atoms with van der Waals surface area (Å²) in [6, 6.07) is 3.67. The first-order chi connectivity index (χ1) is 18.5. The number of hydrogen-bond acceptors (Lipinski definition) is 5. The van der Waals surface area contributed by atoms with Crippen LogP contribution >= 0.6 is 0 Å². The van der Waals surface area contributed by atoms with Crippen molar-refractivity contribution < 1.29 is 13.6 Å². The lowest BCUT2D eigenvalue weighted by atomic mass is 9.92. The predicted molar refractivity (Wildman–Crippen MR) is 146 cm³/mol. The number of carbonyl (C=O) groups excluding carboxylic acids is 1. The summed E-state index contributed by atoms with van der Waals surface area (Å²) in [5.74, 6) is 0.790. The smallest absolute Gasteiger partial charge is 0.317 e. The summed E-state index contributed by atoms with van der Waals surface area (Å²) in [5.41, 5.74) is 10.6. The molecule has 0 spiro atoms. The fraction of sp³-hybridized carbons (Fsp3) is 0.536. The van der Waals surface area contributed by atoms with Gasteiger partial charge in [-0.15, -0.1) is 0 Å². The van der Waals surface area contributed by atoms with Gasteiger partial charge in [-0.25, -0.2) is 13.6 Å². The molecular weight excluding hydrogens is 488 g/mol. The summed E-state index contributed by atoms with van der Waals surface area (Å²) in [4.78, 5) is 20.4. The average Bonchev–Trinajstić information content (AvgIpc) is 3.33. The van der Waals surface area contributed by atoms with Crippen molar-refractivity contribution in [1.82, 2.24) is 20.0 Å². The van der Waals surface area contributed by atoms with Crippen LogP contribution in [0.5, 0.6) is 0 Å². The van der Waals surface area contributed by atoms with E-state index in [2.05, 4.69) is 19.9 Å². The largest absolute Gasteiger partial charge is 0.404 e. The zero-order chi connectivity index (χ0) is 26.8. The SMILES string of the molecule is CN=CC(=CN)c1cc2c(cc1C(F)F)N(c1nn(C3CCCCC3)c3c1CN(C(=O)NC)CC3)CCC2. The van der Waals surface area contributed by atoms with E-state index in [-0.39, 0.29) is 11.6 Å². The summed E-state index contributed by atoms with van der Waals surface area (Å²) in [7, 11) is 3.24. The summed E-state index contributed by atoms with van der Waals surface area (Å²) in [6.45, 7) is 1.77. The summed E-state index contributed by atoms with van der Waals surface area (Å²) >= 11 is 0. The molecule has 38 heavy (non-hydrogen) atoms. The topological polar surface area (TPSA) is 91.8 Å². The lowest BCUT2D eigenvalue weighted by Gasteiger charge is -2.33. The van der Waals surface area contributed by atoms with Gasteiger partial charge in [0.05, 0.1) is 12.6 Å². The minimum Gasteiger partial charge on any atom is -0.404 e. The molecule has 1 aromatic carbocycles. The number of urea groups is 1. The molecule has 0 atom stereocenters. The molecule has 5 rings (SSSR count). The number of alkyl halides is 2. The third kappa shape index (κ3) is 4.76. The second-order valence-corrected chi connectivity index (χ2v) is 10.3. The fourth-order valence-electron chi connectivity index (χ4n) is 6.25. The van der Waals surface area contributed by atoms with Crippen LogP contribution < -0.4 is 16.0 Å². The summed E-state index contributed by atoms with van der Waals surface area (Å²) < 4.78 is 30.9. The molecule has 0 bridgehead atoms. The number of rotatable bonds is 5. The number of aliphatic imine (C=N–C) groups is 1. The van der Waals surface area contributed by atoms with Crippen LogP contribution in [0.15, 0.2) is 23.3 Å². The van der Waals surface area contributed by atoms with E-state index < -0.39 is 6.43 Å². The lowest BCUT2D eigenvalue weighted by Crippen LogP contribution is -2.42. The molecule has 8 nitrogen and oxygen atoms in total. The van der Waals surface area contributed by atoms with E-state index in [1.807, 2.05) is 6.07 Å². The number of nitrogens with zero attached hydrogens (tertiary/aromatic N) is 5. The summed E-state index contributed by atoms with van der Waals surface area (Å²) in [6.07, 6.45) is 8.36. The number of halogens is 2. The van der Waals surface area contributed by atoms with Crippen molar-refractivity contribution in [1.29, 1.82) is 0 Å². The van der Waals surface area contributed by atoms with E-state index >= 15 is 0 Å². The molecular formula is C28H37F2N7O. The predicted octanol–water partition coefficient (Wildman–Crippen LogP) is 5.11. The Labute approximate surface area is 222 Å². The van der Waals surface area contributed by atoms with Crippen molar-refractivity contribution >= 4 is 29.3 Å². The van der Waals surface area contributed by atoms with Crippen molar-refractivity contribution in [2.45, 2.75) is 70.4 Å². The highest BCUT2D eigenvalue weighted by Gasteiger charge is 2.34. The zero-order valence-corrected chi connectivity index (χ0v) is 22.2. The van der Waals surface area contributed by atoms with Gasteiger partial charge in [-0.05, 0) is 48.9 Å². The average molecular weight is 526 g/mol. The van der Waals surface area contributed by atoms with Gasteiger partial charge in [0, 0.05) is 74.1 Å². The molecule has 1 saturated carbocycles. The number of allylic oxidation sites excluding steroid dienone is 1. The maximum Gasteiger partial charge on any atom is 0.317 e. The molecule has 3 heterocycles. The molecule has 204 valence electrons. The Balaban J connectivity index is 1.63. The van der Waals surface area contributed by atoms with Gasteiger partial charge in [0.1, 0.15) is 0 Å². The third-order valence-electron chi connectivity index (χ3n) is 8.11. The van der Waals surface area contributed by atoms with Crippen LogP contribution in [-0.4, -0.2) is 54.1 Å². The van der Waals surface area contributed by atoms with Crippen molar-refractivity contribution in [3.63, 3.8) is 0 Å². The molecule has 1 aromatic heterocycles. The molecule has 3 aliphatic rings. The van der Waals surface area contributed by atoms with Gasteiger partial charge in [0.25, 0.3) is 6.43 Å². The molecule has 2 aliphatic heterocycles. The number of nitrogens with one attached hydrogen (secondary N) is 1. The molecule has 1 aliphatic carbocycles. The number of nitrogens with two attached hydrogens (primary N) is 1. The highest BCUT2D eigenvalue weighted by atomic mass is 19.3. The molecule has 2 amide bonds. The van der Waals surface area contributed by atoms with Gasteiger partial charge >= 0.3 is 6.03 Å². The van der Waals surface area contributed by atoms with E-state index in [1.54, 1.807) is 25.1 Å². The molecule has 10 heteroatoms. The number of aryl methyl sites for hydroxylation is 1. The van der Waals surface area contributed by atoms with Crippen LogP contribution in [-0.2, 0) is 19.4 Å². The Bertz CT molecular complexity index is 1250. The summed E-state index contributed by atoms with van der Waals surface area (Å²) in [5, 5.41) is 7.92. The first-order valence-electron chi connectivity index (χ1n) is 13.6. The number of hydrogen-bond donors (Lipinski definition) is 2. The normalized spacial score (nSPS) is 18.7. The molecule has 0 unspecified atom stereocenters. The fourth-order valence-corrected chi connectivity index (χ4v) is 6.25. The standard InChI is InChI=1S/C28H37F2N7O/c1-32-16-19(15-31)21-13-18-7-6-11-36(25(18)14-22(21)26(29)30)27-23-17-35(28(38)33-2)12-10-24(23)37(34-27)20-8-4-3-5-9-20/h13-16,20,26H,3-12,17,31H2,1-2H3,(H,33,38). The van der Waals surface area contributed by atoms with E-state index in [0.717, 1.165) is 54.7 Å². The van der Waals surface area contributed by atoms with Gasteiger partial charge < -0.3 is 20.9 Å². The second kappa shape index (κ2) is 11.1. The van der Waals surface area contributed by atoms with E-state index in [4.69, 9.17) is 10.8 Å². The highest BCUT2D eigenvalue weighted by Crippen LogP contribution is 2.43. The maximum atomic E-state index is 14.4. The Hall–Kier alpha value is -3.43. The number of carbonyl (C=O) groups is 1. The van der Waals surface area contributed by atoms with Gasteiger partial charge in [0.15, 0.2) is 5.82 Å². The Morgan fingerprint density at radius 3 is 2.66 bits per heavy atom. The third-order valence-corrected chi connectivity index (χ3v) is 8.11. The first kappa shape index (κ1) is 26.2. The van der Waals surface area contributed by atoms with E-state index in [0.29, 0.717) is 36.8 Å². The Morgan fingerprint density at radius 2 is 1.97 bits per heavy atom. The number of aromatic nitrogens is 2. The van der Waals surface area contributed by atoms with Gasteiger partial charge in [-0.3, -0.25) is 9.67 Å². The second-order valence-electron chi connectivity index (χ2n) is 10.3.